The molecule has 8 aromatic rings. The summed E-state index contributed by atoms with van der Waals surface area (Å²) >= 11 is 0. The van der Waals surface area contributed by atoms with E-state index in [1.165, 1.54) is 59.2 Å². The summed E-state index contributed by atoms with van der Waals surface area (Å²) in [6.07, 6.45) is 0. The van der Waals surface area contributed by atoms with Crippen molar-refractivity contribution in [2.45, 2.75) is 0 Å². The van der Waals surface area contributed by atoms with Crippen molar-refractivity contribution in [2.24, 2.45) is 0 Å². The molecule has 0 aliphatic carbocycles. The Morgan fingerprint density at radius 2 is 0.919 bits per heavy atom. The minimum atomic E-state index is 0. The molecule has 0 atom stereocenters. The Morgan fingerprint density at radius 1 is 0.405 bits per heavy atom. The standard InChI is InChI=1S/C36H20.Y/c1-2-8-25-16-33-21-30-20-29(13-12-27(30)18-31(33)14-23(25)6-1)35-11-5-10-28-19-32-15-24-7-3-4-9-26(24)17-34(32)22-36(28)35;/h1-10,12-19,21-22H;/q-2;. The van der Waals surface area contributed by atoms with Gasteiger partial charge in [-0.25, -0.2) is 5.56 Å². The first kappa shape index (κ1) is 22.6. The van der Waals surface area contributed by atoms with E-state index in [1.54, 1.807) is 0 Å². The maximum absolute atomic E-state index is 3.72. The summed E-state index contributed by atoms with van der Waals surface area (Å²) in [5, 5.41) is 14.9. The predicted molar refractivity (Wildman–Crippen MR) is 155 cm³/mol. The van der Waals surface area contributed by atoms with Crippen LogP contribution in [0.1, 0.15) is 0 Å². The molecule has 8 rings (SSSR count). The van der Waals surface area contributed by atoms with Crippen molar-refractivity contribution < 1.29 is 32.7 Å². The molecule has 0 nitrogen and oxygen atoms in total. The molecular formula is C36H20Y-2. The van der Waals surface area contributed by atoms with E-state index in [9.17, 15) is 0 Å². The SMILES string of the molecule is [Y].[c-]1ccc2cc3cc4ccccc4cc3cc2c1-c1[c-]c2cc3cc4ccccc4cc3cc2cc1. The van der Waals surface area contributed by atoms with Gasteiger partial charge in [0.25, 0.3) is 0 Å². The smallest absolute Gasteiger partial charge is 0 e. The molecule has 0 saturated heterocycles. The van der Waals surface area contributed by atoms with Crippen LogP contribution in [-0.4, -0.2) is 0 Å². The van der Waals surface area contributed by atoms with E-state index in [0.717, 1.165) is 16.5 Å². The summed E-state index contributed by atoms with van der Waals surface area (Å²) in [6, 6.07) is 51.3. The topological polar surface area (TPSA) is 0 Å². The van der Waals surface area contributed by atoms with Gasteiger partial charge in [-0.05, 0) is 55.9 Å². The summed E-state index contributed by atoms with van der Waals surface area (Å²) in [6.45, 7) is 0. The molecule has 0 aromatic heterocycles. The first-order valence-electron chi connectivity index (χ1n) is 12.3. The van der Waals surface area contributed by atoms with Crippen molar-refractivity contribution in [3.05, 3.63) is 133 Å². The summed E-state index contributed by atoms with van der Waals surface area (Å²) < 4.78 is 0. The van der Waals surface area contributed by atoms with Crippen LogP contribution < -0.4 is 0 Å². The fourth-order valence-electron chi connectivity index (χ4n) is 5.64. The normalized spacial score (nSPS) is 11.6. The fraction of sp³-hybridized carbons (Fsp3) is 0. The average molecular weight is 541 g/mol. The Morgan fingerprint density at radius 3 is 1.54 bits per heavy atom. The number of rotatable bonds is 1. The third-order valence-electron chi connectivity index (χ3n) is 7.47. The maximum Gasteiger partial charge on any atom is 0 e. The van der Waals surface area contributed by atoms with Crippen LogP contribution in [0.5, 0.6) is 0 Å². The van der Waals surface area contributed by atoms with E-state index >= 15 is 0 Å². The quantitative estimate of drug-likeness (QED) is 0.143. The van der Waals surface area contributed by atoms with Crippen LogP contribution in [-0.2, 0) is 32.7 Å². The average Bonchev–Trinajstić information content (AvgIpc) is 2.92. The molecule has 0 bridgehead atoms. The van der Waals surface area contributed by atoms with Gasteiger partial charge in [-0.15, -0.1) is 34.4 Å². The molecule has 0 saturated carbocycles. The number of benzene rings is 8. The Balaban J connectivity index is 0.00000231. The van der Waals surface area contributed by atoms with Crippen molar-refractivity contribution in [2.75, 3.05) is 0 Å². The Kier molecular flexibility index (Phi) is 5.36. The Bertz CT molecular complexity index is 2150. The van der Waals surface area contributed by atoms with E-state index in [4.69, 9.17) is 0 Å². The zero-order chi connectivity index (χ0) is 23.6. The monoisotopic (exact) mass is 541 g/mol. The molecule has 0 fully saturated rings. The van der Waals surface area contributed by atoms with Gasteiger partial charge in [0.1, 0.15) is 0 Å². The van der Waals surface area contributed by atoms with E-state index < -0.39 is 0 Å². The van der Waals surface area contributed by atoms with Crippen molar-refractivity contribution in [3.63, 3.8) is 0 Å². The number of hydrogen-bond acceptors (Lipinski definition) is 0. The van der Waals surface area contributed by atoms with Gasteiger partial charge in [0.15, 0.2) is 0 Å². The molecule has 169 valence electrons. The molecule has 0 spiro atoms. The minimum Gasteiger partial charge on any atom is -0.202 e. The molecule has 1 radical (unpaired) electrons. The Hall–Kier alpha value is -3.58. The minimum absolute atomic E-state index is 0. The molecule has 37 heavy (non-hydrogen) atoms. The second-order valence-corrected chi connectivity index (χ2v) is 9.70. The van der Waals surface area contributed by atoms with Crippen LogP contribution in [0.4, 0.5) is 0 Å². The van der Waals surface area contributed by atoms with Gasteiger partial charge in [0.2, 0.25) is 0 Å². The van der Waals surface area contributed by atoms with Crippen LogP contribution in [0.25, 0.3) is 75.8 Å². The summed E-state index contributed by atoms with van der Waals surface area (Å²) in [5.74, 6) is 0. The molecule has 0 aliphatic rings. The molecule has 0 heterocycles. The van der Waals surface area contributed by atoms with Gasteiger partial charge in [0, 0.05) is 32.7 Å². The van der Waals surface area contributed by atoms with Crippen LogP contribution in [0.15, 0.2) is 121 Å². The van der Waals surface area contributed by atoms with Crippen molar-refractivity contribution in [3.8, 4) is 11.1 Å². The van der Waals surface area contributed by atoms with Crippen LogP contribution in [0.3, 0.4) is 0 Å². The zero-order valence-corrected chi connectivity index (χ0v) is 23.0. The third-order valence-corrected chi connectivity index (χ3v) is 7.47. The molecule has 8 aromatic carbocycles. The Labute approximate surface area is 240 Å². The van der Waals surface area contributed by atoms with Gasteiger partial charge in [0.05, 0.1) is 0 Å². The molecular weight excluding hydrogens is 521 g/mol. The molecule has 0 N–H and O–H groups in total. The van der Waals surface area contributed by atoms with E-state index in [0.29, 0.717) is 0 Å². The van der Waals surface area contributed by atoms with Crippen LogP contribution in [0, 0.1) is 12.1 Å². The van der Waals surface area contributed by atoms with Crippen molar-refractivity contribution in [1.82, 2.24) is 0 Å². The van der Waals surface area contributed by atoms with E-state index in [2.05, 4.69) is 127 Å². The first-order chi connectivity index (χ1) is 17.8. The molecule has 1 heteroatoms. The fourth-order valence-corrected chi connectivity index (χ4v) is 5.64. The molecule has 0 aliphatic heterocycles. The summed E-state index contributed by atoms with van der Waals surface area (Å²) in [5.41, 5.74) is 2.18. The van der Waals surface area contributed by atoms with Gasteiger partial charge in [-0.3, -0.25) is 0 Å². The second-order valence-electron chi connectivity index (χ2n) is 9.70. The van der Waals surface area contributed by atoms with Gasteiger partial charge >= 0.3 is 0 Å². The third kappa shape index (κ3) is 3.75. The maximum atomic E-state index is 3.72. The van der Waals surface area contributed by atoms with Crippen molar-refractivity contribution in [1.29, 1.82) is 0 Å². The first-order valence-corrected chi connectivity index (χ1v) is 12.3. The number of hydrogen-bond donors (Lipinski definition) is 0. The van der Waals surface area contributed by atoms with Crippen molar-refractivity contribution >= 4 is 64.6 Å². The second kappa shape index (κ2) is 8.77. The van der Waals surface area contributed by atoms with E-state index in [1.807, 2.05) is 6.07 Å². The summed E-state index contributed by atoms with van der Waals surface area (Å²) in [4.78, 5) is 0. The summed E-state index contributed by atoms with van der Waals surface area (Å²) in [7, 11) is 0. The molecule has 0 amide bonds. The molecule has 0 unspecified atom stereocenters. The van der Waals surface area contributed by atoms with Crippen LogP contribution >= 0.6 is 0 Å². The van der Waals surface area contributed by atoms with Crippen LogP contribution in [0.2, 0.25) is 0 Å². The largest absolute Gasteiger partial charge is 0.202 e. The zero-order valence-electron chi connectivity index (χ0n) is 20.1. The number of fused-ring (bicyclic) bond motifs is 6. The van der Waals surface area contributed by atoms with Gasteiger partial charge in [-0.1, -0.05) is 83.6 Å². The predicted octanol–water partition coefficient (Wildman–Crippen LogP) is 9.87. The van der Waals surface area contributed by atoms with Gasteiger partial charge < -0.3 is 0 Å². The van der Waals surface area contributed by atoms with E-state index in [-0.39, 0.29) is 32.7 Å². The van der Waals surface area contributed by atoms with Gasteiger partial charge in [-0.2, -0.15) is 29.8 Å².